The molecule has 1 aromatic carbocycles. The summed E-state index contributed by atoms with van der Waals surface area (Å²) in [5, 5.41) is 0. The van der Waals surface area contributed by atoms with E-state index in [9.17, 15) is 4.79 Å². The number of ether oxygens (including phenoxy) is 3. The molecule has 1 atom stereocenters. The molecular formula is C19H27NO4. The van der Waals surface area contributed by atoms with Gasteiger partial charge in [-0.15, -0.1) is 0 Å². The number of rotatable bonds is 5. The standard InChI is InChI=1S/C19H27NO4/c1-6-7-9-19-14-12-16(23-5)15(22-4)11-13(14)8-10-20(19)17(21)24-18(19,2)3/h11-12H,6-10H2,1-5H3. The number of nitrogens with zero attached hydrogens (tertiary/aromatic N) is 1. The topological polar surface area (TPSA) is 48.0 Å². The van der Waals surface area contributed by atoms with Gasteiger partial charge in [0.05, 0.1) is 14.2 Å². The molecule has 1 amide bonds. The van der Waals surface area contributed by atoms with Crippen molar-refractivity contribution in [2.24, 2.45) is 0 Å². The van der Waals surface area contributed by atoms with Crippen LogP contribution in [0.15, 0.2) is 12.1 Å². The Labute approximate surface area is 143 Å². The third-order valence-corrected chi connectivity index (χ3v) is 5.57. The fraction of sp³-hybridized carbons (Fsp3) is 0.632. The molecule has 0 aromatic heterocycles. The molecule has 0 bridgehead atoms. The quantitative estimate of drug-likeness (QED) is 0.820. The van der Waals surface area contributed by atoms with Crippen molar-refractivity contribution in [3.63, 3.8) is 0 Å². The highest BCUT2D eigenvalue weighted by molar-refractivity contribution is 5.75. The molecule has 1 saturated heterocycles. The molecule has 0 radical (unpaired) electrons. The Kier molecular flexibility index (Phi) is 4.14. The monoisotopic (exact) mass is 333 g/mol. The highest BCUT2D eigenvalue weighted by atomic mass is 16.6. The highest BCUT2D eigenvalue weighted by Gasteiger charge is 2.62. The Morgan fingerprint density at radius 2 is 1.88 bits per heavy atom. The second-order valence-electron chi connectivity index (χ2n) is 7.11. The van der Waals surface area contributed by atoms with Gasteiger partial charge in [0.15, 0.2) is 11.5 Å². The molecule has 1 aromatic rings. The van der Waals surface area contributed by atoms with Crippen molar-refractivity contribution >= 4 is 6.09 Å². The molecule has 1 unspecified atom stereocenters. The highest BCUT2D eigenvalue weighted by Crippen LogP contribution is 2.54. The van der Waals surface area contributed by atoms with Gasteiger partial charge in [-0.1, -0.05) is 19.8 Å². The van der Waals surface area contributed by atoms with Crippen LogP contribution in [0.3, 0.4) is 0 Å². The Morgan fingerprint density at radius 3 is 2.50 bits per heavy atom. The van der Waals surface area contributed by atoms with Crippen LogP contribution < -0.4 is 9.47 Å². The van der Waals surface area contributed by atoms with E-state index in [4.69, 9.17) is 14.2 Å². The van der Waals surface area contributed by atoms with Gasteiger partial charge in [-0.05, 0) is 49.9 Å². The van der Waals surface area contributed by atoms with Crippen LogP contribution >= 0.6 is 0 Å². The van der Waals surface area contributed by atoms with Crippen LogP contribution in [0.1, 0.15) is 51.2 Å². The van der Waals surface area contributed by atoms with Gasteiger partial charge in [0.1, 0.15) is 11.1 Å². The number of benzene rings is 1. The molecule has 0 N–H and O–H groups in total. The molecule has 24 heavy (non-hydrogen) atoms. The first-order valence-corrected chi connectivity index (χ1v) is 8.67. The maximum absolute atomic E-state index is 12.5. The van der Waals surface area contributed by atoms with Crippen molar-refractivity contribution in [1.29, 1.82) is 0 Å². The summed E-state index contributed by atoms with van der Waals surface area (Å²) in [6, 6.07) is 4.10. The number of hydrogen-bond acceptors (Lipinski definition) is 4. The van der Waals surface area contributed by atoms with Crippen molar-refractivity contribution in [1.82, 2.24) is 4.90 Å². The Balaban J connectivity index is 2.23. The zero-order valence-electron chi connectivity index (χ0n) is 15.3. The maximum Gasteiger partial charge on any atom is 0.411 e. The smallest absolute Gasteiger partial charge is 0.411 e. The zero-order chi connectivity index (χ0) is 17.5. The SMILES string of the molecule is CCCCC12c3cc(OC)c(OC)cc3CCN1C(=O)OC2(C)C. The van der Waals surface area contributed by atoms with Crippen LogP contribution in [-0.4, -0.2) is 37.4 Å². The molecule has 1 fully saturated rings. The number of fused-ring (bicyclic) bond motifs is 3. The van der Waals surface area contributed by atoms with Gasteiger partial charge in [-0.3, -0.25) is 4.90 Å². The van der Waals surface area contributed by atoms with Gasteiger partial charge >= 0.3 is 6.09 Å². The second-order valence-corrected chi connectivity index (χ2v) is 7.11. The van der Waals surface area contributed by atoms with E-state index in [0.717, 1.165) is 37.0 Å². The van der Waals surface area contributed by atoms with Crippen molar-refractivity contribution in [2.75, 3.05) is 20.8 Å². The van der Waals surface area contributed by atoms with Crippen LogP contribution in [-0.2, 0) is 16.7 Å². The van der Waals surface area contributed by atoms with Crippen LogP contribution in [0.4, 0.5) is 4.79 Å². The van der Waals surface area contributed by atoms with E-state index in [2.05, 4.69) is 13.0 Å². The first kappa shape index (κ1) is 16.9. The lowest BCUT2D eigenvalue weighted by atomic mass is 9.69. The average molecular weight is 333 g/mol. The number of hydrogen-bond donors (Lipinski definition) is 0. The first-order chi connectivity index (χ1) is 11.4. The molecule has 132 valence electrons. The molecule has 0 spiro atoms. The average Bonchev–Trinajstić information content (AvgIpc) is 2.77. The lowest BCUT2D eigenvalue weighted by Gasteiger charge is -2.47. The van der Waals surface area contributed by atoms with Crippen LogP contribution in [0.5, 0.6) is 11.5 Å². The van der Waals surface area contributed by atoms with Crippen molar-refractivity contribution in [2.45, 2.75) is 57.6 Å². The summed E-state index contributed by atoms with van der Waals surface area (Å²) in [7, 11) is 3.30. The van der Waals surface area contributed by atoms with E-state index in [1.807, 2.05) is 24.8 Å². The van der Waals surface area contributed by atoms with Crippen LogP contribution in [0.2, 0.25) is 0 Å². The first-order valence-electron chi connectivity index (χ1n) is 8.67. The number of amides is 1. The summed E-state index contributed by atoms with van der Waals surface area (Å²) in [6.07, 6.45) is 3.57. The van der Waals surface area contributed by atoms with Gasteiger partial charge in [0.2, 0.25) is 0 Å². The van der Waals surface area contributed by atoms with Crippen LogP contribution in [0, 0.1) is 0 Å². The molecule has 0 saturated carbocycles. The zero-order valence-corrected chi connectivity index (χ0v) is 15.3. The molecule has 2 aliphatic rings. The molecule has 5 heteroatoms. The van der Waals surface area contributed by atoms with E-state index in [-0.39, 0.29) is 6.09 Å². The van der Waals surface area contributed by atoms with Gasteiger partial charge in [0, 0.05) is 6.54 Å². The maximum atomic E-state index is 12.5. The van der Waals surface area contributed by atoms with Crippen molar-refractivity contribution in [3.05, 3.63) is 23.3 Å². The molecule has 2 heterocycles. The summed E-state index contributed by atoms with van der Waals surface area (Å²) in [4.78, 5) is 14.5. The summed E-state index contributed by atoms with van der Waals surface area (Å²) in [6.45, 7) is 6.89. The van der Waals surface area contributed by atoms with E-state index >= 15 is 0 Å². The molecular weight excluding hydrogens is 306 g/mol. The predicted molar refractivity (Wildman–Crippen MR) is 91.7 cm³/mol. The fourth-order valence-corrected chi connectivity index (χ4v) is 4.34. The van der Waals surface area contributed by atoms with E-state index < -0.39 is 11.1 Å². The third kappa shape index (κ3) is 2.17. The normalized spacial score (nSPS) is 24.2. The number of carbonyl (C=O) groups excluding carboxylic acids is 1. The molecule has 3 rings (SSSR count). The number of carbonyl (C=O) groups is 1. The summed E-state index contributed by atoms with van der Waals surface area (Å²) in [5.74, 6) is 1.43. The Hall–Kier alpha value is -1.91. The second kappa shape index (κ2) is 5.87. The number of methoxy groups -OCH3 is 2. The summed E-state index contributed by atoms with van der Waals surface area (Å²) >= 11 is 0. The lowest BCUT2D eigenvalue weighted by Crippen LogP contribution is -2.56. The minimum Gasteiger partial charge on any atom is -0.493 e. The number of unbranched alkanes of at least 4 members (excludes halogenated alkanes) is 1. The van der Waals surface area contributed by atoms with Crippen molar-refractivity contribution < 1.29 is 19.0 Å². The predicted octanol–water partition coefficient (Wildman–Crippen LogP) is 3.88. The third-order valence-electron chi connectivity index (χ3n) is 5.57. The van der Waals surface area contributed by atoms with Gasteiger partial charge in [-0.25, -0.2) is 4.79 Å². The lowest BCUT2D eigenvalue weighted by molar-refractivity contribution is 0.000655. The van der Waals surface area contributed by atoms with E-state index in [1.165, 1.54) is 5.56 Å². The van der Waals surface area contributed by atoms with Gasteiger partial charge < -0.3 is 14.2 Å². The van der Waals surface area contributed by atoms with Gasteiger partial charge in [0.25, 0.3) is 0 Å². The minimum atomic E-state index is -0.589. The summed E-state index contributed by atoms with van der Waals surface area (Å²) < 4.78 is 16.8. The van der Waals surface area contributed by atoms with Gasteiger partial charge in [-0.2, -0.15) is 0 Å². The van der Waals surface area contributed by atoms with Crippen molar-refractivity contribution in [3.8, 4) is 11.5 Å². The summed E-state index contributed by atoms with van der Waals surface area (Å²) in [5.41, 5.74) is 1.31. The number of cyclic esters (lactones) is 1. The molecule has 5 nitrogen and oxygen atoms in total. The van der Waals surface area contributed by atoms with E-state index in [0.29, 0.717) is 12.3 Å². The molecule has 2 aliphatic heterocycles. The largest absolute Gasteiger partial charge is 0.493 e. The minimum absolute atomic E-state index is 0.212. The molecule has 0 aliphatic carbocycles. The van der Waals surface area contributed by atoms with E-state index in [1.54, 1.807) is 14.2 Å². The Bertz CT molecular complexity index is 655. The van der Waals surface area contributed by atoms with Crippen LogP contribution in [0.25, 0.3) is 0 Å². The Morgan fingerprint density at radius 1 is 1.21 bits per heavy atom. The fourth-order valence-electron chi connectivity index (χ4n) is 4.34.